The smallest absolute Gasteiger partial charge is 0.221 e. The Kier molecular flexibility index (Phi) is 6.38. The number of pyridine rings is 1. The third kappa shape index (κ3) is 4.62. The number of carbonyl (C=O) groups excluding carboxylic acids is 1. The van der Waals surface area contributed by atoms with Gasteiger partial charge in [0.05, 0.1) is 6.42 Å². The van der Waals surface area contributed by atoms with E-state index in [4.69, 9.17) is 10.7 Å². The number of nitrogens with one attached hydrogen (secondary N) is 1. The highest BCUT2D eigenvalue weighted by Gasteiger charge is 2.23. The fourth-order valence-electron chi connectivity index (χ4n) is 4.35. The molecule has 3 N–H and O–H groups in total. The minimum absolute atomic E-state index is 0. The molecular weight excluding hydrogens is 358 g/mol. The summed E-state index contributed by atoms with van der Waals surface area (Å²) >= 11 is 0. The molecule has 0 saturated heterocycles. The molecule has 0 aliphatic heterocycles. The third-order valence-electron chi connectivity index (χ3n) is 5.70. The summed E-state index contributed by atoms with van der Waals surface area (Å²) in [6.45, 7) is 0. The minimum atomic E-state index is -0.296. The zero-order valence-electron chi connectivity index (χ0n) is 15.7. The van der Waals surface area contributed by atoms with Crippen LogP contribution in [0.4, 0.5) is 11.4 Å². The molecule has 0 unspecified atom stereocenters. The Morgan fingerprint density at radius 3 is 2.52 bits per heavy atom. The quantitative estimate of drug-likeness (QED) is 0.775. The zero-order valence-corrected chi connectivity index (χ0v) is 16.5. The standard InChI is InChI=1S/C22H27N3O.ClH/c23-22(26)13-15-9-11-17(12-10-15)24-21-14-20(16-5-2-1-3-6-16)25-19-8-4-7-18(19)21;/h9-12,14,16H,1-8,13H2,(H2,23,26)(H,24,25);1H. The molecule has 0 radical (unpaired) electrons. The Labute approximate surface area is 167 Å². The maximum atomic E-state index is 11.1. The van der Waals surface area contributed by atoms with Crippen molar-refractivity contribution in [2.45, 2.75) is 63.7 Å². The van der Waals surface area contributed by atoms with Gasteiger partial charge in [0.1, 0.15) is 0 Å². The first-order valence-electron chi connectivity index (χ1n) is 9.86. The van der Waals surface area contributed by atoms with Gasteiger partial charge in [-0.1, -0.05) is 31.4 Å². The lowest BCUT2D eigenvalue weighted by Crippen LogP contribution is -2.13. The van der Waals surface area contributed by atoms with Crippen molar-refractivity contribution in [3.05, 3.63) is 52.8 Å². The van der Waals surface area contributed by atoms with Crippen LogP contribution in [-0.4, -0.2) is 10.9 Å². The maximum Gasteiger partial charge on any atom is 0.221 e. The van der Waals surface area contributed by atoms with Gasteiger partial charge in [-0.05, 0) is 61.4 Å². The lowest BCUT2D eigenvalue weighted by molar-refractivity contribution is -0.117. The number of benzene rings is 1. The first kappa shape index (κ1) is 19.7. The van der Waals surface area contributed by atoms with Gasteiger partial charge in [-0.25, -0.2) is 0 Å². The van der Waals surface area contributed by atoms with E-state index in [0.717, 1.165) is 24.1 Å². The second kappa shape index (κ2) is 8.75. The van der Waals surface area contributed by atoms with Gasteiger partial charge in [-0.3, -0.25) is 9.78 Å². The molecular formula is C22H28ClN3O. The first-order chi connectivity index (χ1) is 12.7. The number of nitrogens with zero attached hydrogens (tertiary/aromatic N) is 1. The van der Waals surface area contributed by atoms with Crippen molar-refractivity contribution in [2.24, 2.45) is 5.73 Å². The number of amides is 1. The molecule has 4 nitrogen and oxygen atoms in total. The summed E-state index contributed by atoms with van der Waals surface area (Å²) in [4.78, 5) is 16.1. The highest BCUT2D eigenvalue weighted by atomic mass is 35.5. The molecule has 1 aromatic heterocycles. The van der Waals surface area contributed by atoms with Crippen molar-refractivity contribution in [2.75, 3.05) is 5.32 Å². The maximum absolute atomic E-state index is 11.1. The van der Waals surface area contributed by atoms with Gasteiger partial charge < -0.3 is 11.1 Å². The number of carbonyl (C=O) groups is 1. The number of anilines is 2. The molecule has 1 heterocycles. The van der Waals surface area contributed by atoms with E-state index in [2.05, 4.69) is 11.4 Å². The van der Waals surface area contributed by atoms with Gasteiger partial charge in [-0.15, -0.1) is 12.4 Å². The van der Waals surface area contributed by atoms with E-state index in [-0.39, 0.29) is 24.7 Å². The van der Waals surface area contributed by atoms with Gasteiger partial charge in [0, 0.05) is 28.7 Å². The number of fused-ring (bicyclic) bond motifs is 1. The Morgan fingerprint density at radius 1 is 1.07 bits per heavy atom. The summed E-state index contributed by atoms with van der Waals surface area (Å²) in [6.07, 6.45) is 10.3. The average molecular weight is 386 g/mol. The largest absolute Gasteiger partial charge is 0.369 e. The van der Waals surface area contributed by atoms with E-state index in [0.29, 0.717) is 5.92 Å². The molecule has 1 aromatic carbocycles. The summed E-state index contributed by atoms with van der Waals surface area (Å²) < 4.78 is 0. The van der Waals surface area contributed by atoms with Crippen molar-refractivity contribution in [3.8, 4) is 0 Å². The molecule has 144 valence electrons. The fourth-order valence-corrected chi connectivity index (χ4v) is 4.35. The molecule has 2 aromatic rings. The van der Waals surface area contributed by atoms with Crippen LogP contribution in [0.3, 0.4) is 0 Å². The number of aryl methyl sites for hydroxylation is 1. The van der Waals surface area contributed by atoms with Crippen LogP contribution in [0.5, 0.6) is 0 Å². The van der Waals surface area contributed by atoms with Gasteiger partial charge >= 0.3 is 0 Å². The van der Waals surface area contributed by atoms with Gasteiger partial charge in [-0.2, -0.15) is 0 Å². The average Bonchev–Trinajstić information content (AvgIpc) is 3.12. The number of primary amides is 1. The molecule has 1 amide bonds. The molecule has 0 bridgehead atoms. The summed E-state index contributed by atoms with van der Waals surface area (Å²) in [7, 11) is 0. The molecule has 5 heteroatoms. The van der Waals surface area contributed by atoms with Crippen LogP contribution in [0.15, 0.2) is 30.3 Å². The van der Waals surface area contributed by atoms with E-state index >= 15 is 0 Å². The number of halogens is 1. The lowest BCUT2D eigenvalue weighted by atomic mass is 9.86. The van der Waals surface area contributed by atoms with Gasteiger partial charge in [0.15, 0.2) is 0 Å². The lowest BCUT2D eigenvalue weighted by Gasteiger charge is -2.23. The topological polar surface area (TPSA) is 68.0 Å². The monoisotopic (exact) mass is 385 g/mol. The van der Waals surface area contributed by atoms with E-state index in [1.165, 1.54) is 61.2 Å². The Balaban J connectivity index is 0.00000210. The number of aromatic nitrogens is 1. The van der Waals surface area contributed by atoms with E-state index < -0.39 is 0 Å². The van der Waals surface area contributed by atoms with Crippen molar-refractivity contribution in [3.63, 3.8) is 0 Å². The van der Waals surface area contributed by atoms with Crippen LogP contribution in [-0.2, 0) is 24.1 Å². The summed E-state index contributed by atoms with van der Waals surface area (Å²) in [5, 5.41) is 3.61. The van der Waals surface area contributed by atoms with Crippen molar-refractivity contribution in [1.82, 2.24) is 4.98 Å². The normalized spacial score (nSPS) is 16.4. The highest BCUT2D eigenvalue weighted by molar-refractivity contribution is 5.85. The minimum Gasteiger partial charge on any atom is -0.369 e. The van der Waals surface area contributed by atoms with Gasteiger partial charge in [0.2, 0.25) is 5.91 Å². The van der Waals surface area contributed by atoms with Crippen molar-refractivity contribution >= 4 is 29.7 Å². The molecule has 2 aliphatic rings. The van der Waals surface area contributed by atoms with Crippen LogP contribution >= 0.6 is 12.4 Å². The molecule has 0 atom stereocenters. The SMILES string of the molecule is Cl.NC(=O)Cc1ccc(Nc2cc(C3CCCCC3)nc3c2CCC3)cc1. The second-order valence-electron chi connectivity index (χ2n) is 7.67. The number of hydrogen-bond donors (Lipinski definition) is 2. The molecule has 1 fully saturated rings. The molecule has 27 heavy (non-hydrogen) atoms. The van der Waals surface area contributed by atoms with Crippen molar-refractivity contribution < 1.29 is 4.79 Å². The van der Waals surface area contributed by atoms with Gasteiger partial charge in [0.25, 0.3) is 0 Å². The zero-order chi connectivity index (χ0) is 17.9. The van der Waals surface area contributed by atoms with Crippen LogP contribution < -0.4 is 11.1 Å². The van der Waals surface area contributed by atoms with Crippen LogP contribution in [0.25, 0.3) is 0 Å². The van der Waals surface area contributed by atoms with Crippen LogP contribution in [0, 0.1) is 0 Å². The Bertz CT molecular complexity index is 798. The van der Waals surface area contributed by atoms with Crippen LogP contribution in [0.2, 0.25) is 0 Å². The fraction of sp³-hybridized carbons (Fsp3) is 0.455. The molecule has 0 spiro atoms. The predicted octanol–water partition coefficient (Wildman–Crippen LogP) is 4.81. The number of nitrogens with two attached hydrogens (primary N) is 1. The summed E-state index contributed by atoms with van der Waals surface area (Å²) in [6, 6.07) is 10.3. The summed E-state index contributed by atoms with van der Waals surface area (Å²) in [5.74, 6) is 0.322. The third-order valence-corrected chi connectivity index (χ3v) is 5.70. The Morgan fingerprint density at radius 2 is 1.81 bits per heavy atom. The van der Waals surface area contributed by atoms with Crippen molar-refractivity contribution in [1.29, 1.82) is 0 Å². The van der Waals surface area contributed by atoms with E-state index in [9.17, 15) is 4.79 Å². The van der Waals surface area contributed by atoms with E-state index in [1.54, 1.807) is 0 Å². The molecule has 1 saturated carbocycles. The number of rotatable bonds is 5. The van der Waals surface area contributed by atoms with Crippen LogP contribution in [0.1, 0.15) is 67.0 Å². The number of hydrogen-bond acceptors (Lipinski definition) is 3. The highest BCUT2D eigenvalue weighted by Crippen LogP contribution is 2.37. The first-order valence-corrected chi connectivity index (χ1v) is 9.86. The molecule has 4 rings (SSSR count). The van der Waals surface area contributed by atoms with E-state index in [1.807, 2.05) is 24.3 Å². The Hall–Kier alpha value is -2.07. The molecule has 2 aliphatic carbocycles. The second-order valence-corrected chi connectivity index (χ2v) is 7.67. The summed E-state index contributed by atoms with van der Waals surface area (Å²) in [5.41, 5.74) is 12.4. The predicted molar refractivity (Wildman–Crippen MR) is 112 cm³/mol.